The zero-order chi connectivity index (χ0) is 12.2. The molecule has 2 bridgehead atoms. The van der Waals surface area contributed by atoms with Crippen LogP contribution in [-0.2, 0) is 10.6 Å². The summed E-state index contributed by atoms with van der Waals surface area (Å²) in [5, 5.41) is 15.1. The van der Waals surface area contributed by atoms with E-state index in [0.29, 0.717) is 5.92 Å². The van der Waals surface area contributed by atoms with Crippen molar-refractivity contribution in [3.8, 4) is 0 Å². The molecule has 4 nitrogen and oxygen atoms in total. The number of fused-ring (bicyclic) bond motifs is 2. The van der Waals surface area contributed by atoms with E-state index in [1.807, 2.05) is 30.3 Å². The molecule has 0 saturated carbocycles. The zero-order valence-electron chi connectivity index (χ0n) is 10.1. The first kappa shape index (κ1) is 10.5. The topological polar surface area (TPSA) is 45.1 Å². The van der Waals surface area contributed by atoms with Crippen molar-refractivity contribution in [2.24, 2.45) is 11.1 Å². The third kappa shape index (κ3) is 1.25. The molecule has 4 aliphatic heterocycles. The predicted molar refractivity (Wildman–Crippen MR) is 66.9 cm³/mol. The molecule has 4 aliphatic rings. The fraction of sp³-hybridized carbons (Fsp3) is 0.500. The highest BCUT2D eigenvalue weighted by atomic mass is 16.7. The van der Waals surface area contributed by atoms with Crippen molar-refractivity contribution in [2.45, 2.75) is 24.7 Å². The van der Waals surface area contributed by atoms with E-state index in [1.165, 1.54) is 0 Å². The molecule has 0 spiro atoms. The van der Waals surface area contributed by atoms with Gasteiger partial charge in [-0.2, -0.15) is 0 Å². The van der Waals surface area contributed by atoms with Gasteiger partial charge < -0.3 is 9.94 Å². The van der Waals surface area contributed by atoms with E-state index >= 15 is 0 Å². The van der Waals surface area contributed by atoms with Gasteiger partial charge in [0.25, 0.3) is 5.79 Å². The van der Waals surface area contributed by atoms with Crippen LogP contribution in [-0.4, -0.2) is 34.8 Å². The highest BCUT2D eigenvalue weighted by molar-refractivity contribution is 5.94. The molecule has 5 rings (SSSR count). The lowest BCUT2D eigenvalue weighted by atomic mass is 9.77. The average Bonchev–Trinajstić information content (AvgIpc) is 2.83. The maximum atomic E-state index is 10.9. The Kier molecular flexibility index (Phi) is 2.08. The van der Waals surface area contributed by atoms with Crippen molar-refractivity contribution in [3.63, 3.8) is 0 Å². The van der Waals surface area contributed by atoms with Crippen LogP contribution in [0.4, 0.5) is 0 Å². The summed E-state index contributed by atoms with van der Waals surface area (Å²) in [7, 11) is 0. The van der Waals surface area contributed by atoms with Gasteiger partial charge in [0.05, 0.1) is 5.71 Å². The van der Waals surface area contributed by atoms with E-state index in [0.717, 1.165) is 37.2 Å². The minimum Gasteiger partial charge on any atom is -0.353 e. The van der Waals surface area contributed by atoms with E-state index in [-0.39, 0.29) is 6.04 Å². The molecular formula is C14H16N2O2. The Morgan fingerprint density at radius 1 is 1.22 bits per heavy atom. The molecule has 1 N–H and O–H groups in total. The van der Waals surface area contributed by atoms with Crippen LogP contribution in [0.2, 0.25) is 0 Å². The molecule has 0 radical (unpaired) electrons. The van der Waals surface area contributed by atoms with Crippen LogP contribution in [0.1, 0.15) is 18.4 Å². The predicted octanol–water partition coefficient (Wildman–Crippen LogP) is 1.31. The second kappa shape index (κ2) is 3.56. The van der Waals surface area contributed by atoms with Gasteiger partial charge >= 0.3 is 0 Å². The zero-order valence-corrected chi connectivity index (χ0v) is 10.1. The molecule has 1 aromatic carbocycles. The molecule has 3 fully saturated rings. The van der Waals surface area contributed by atoms with Gasteiger partial charge in [0.15, 0.2) is 0 Å². The molecule has 0 amide bonds. The SMILES string of the molecule is OC1(c2ccccc2)ON=C2C3CCN(CC3)C21. The number of hydrogen-bond acceptors (Lipinski definition) is 4. The number of nitrogens with zero attached hydrogens (tertiary/aromatic N) is 2. The van der Waals surface area contributed by atoms with Crippen LogP contribution >= 0.6 is 0 Å². The highest BCUT2D eigenvalue weighted by Gasteiger charge is 2.57. The standard InChI is InChI=1S/C14H16N2O2/c17-14(11-4-2-1-3-5-11)13-12(15-18-14)10-6-8-16(13)9-7-10/h1-5,10,13,17H,6-9H2. The molecule has 0 aliphatic carbocycles. The fourth-order valence-corrected chi connectivity index (χ4v) is 3.50. The van der Waals surface area contributed by atoms with Gasteiger partial charge in [-0.15, -0.1) is 0 Å². The van der Waals surface area contributed by atoms with E-state index in [2.05, 4.69) is 10.1 Å². The first-order chi connectivity index (χ1) is 8.79. The van der Waals surface area contributed by atoms with Crippen molar-refractivity contribution < 1.29 is 9.94 Å². The summed E-state index contributed by atoms with van der Waals surface area (Å²) in [6, 6.07) is 9.50. The van der Waals surface area contributed by atoms with Crippen molar-refractivity contribution in [2.75, 3.05) is 13.1 Å². The largest absolute Gasteiger partial charge is 0.353 e. The van der Waals surface area contributed by atoms with Gasteiger partial charge in [-0.1, -0.05) is 35.5 Å². The first-order valence-corrected chi connectivity index (χ1v) is 6.57. The molecule has 3 saturated heterocycles. The molecule has 0 aromatic heterocycles. The number of piperidine rings is 3. The van der Waals surface area contributed by atoms with Crippen molar-refractivity contribution in [3.05, 3.63) is 35.9 Å². The van der Waals surface area contributed by atoms with E-state index in [4.69, 9.17) is 4.84 Å². The number of rotatable bonds is 1. The molecule has 2 unspecified atom stereocenters. The van der Waals surface area contributed by atoms with Crippen LogP contribution < -0.4 is 0 Å². The first-order valence-electron chi connectivity index (χ1n) is 6.57. The maximum absolute atomic E-state index is 10.9. The van der Waals surface area contributed by atoms with Gasteiger partial charge in [-0.05, 0) is 25.9 Å². The Morgan fingerprint density at radius 3 is 2.67 bits per heavy atom. The van der Waals surface area contributed by atoms with Gasteiger partial charge in [-0.3, -0.25) is 4.90 Å². The monoisotopic (exact) mass is 244 g/mol. The summed E-state index contributed by atoms with van der Waals surface area (Å²) < 4.78 is 0. The number of benzene rings is 1. The summed E-state index contributed by atoms with van der Waals surface area (Å²) in [4.78, 5) is 7.76. The van der Waals surface area contributed by atoms with E-state index < -0.39 is 5.79 Å². The molecule has 4 heterocycles. The van der Waals surface area contributed by atoms with Gasteiger partial charge in [0.1, 0.15) is 6.04 Å². The molecule has 94 valence electrons. The van der Waals surface area contributed by atoms with E-state index in [1.54, 1.807) is 0 Å². The summed E-state index contributed by atoms with van der Waals surface area (Å²) in [5.41, 5.74) is 1.83. The summed E-state index contributed by atoms with van der Waals surface area (Å²) in [6.45, 7) is 2.07. The van der Waals surface area contributed by atoms with Crippen LogP contribution in [0.3, 0.4) is 0 Å². The van der Waals surface area contributed by atoms with Crippen molar-refractivity contribution in [1.82, 2.24) is 4.90 Å². The maximum Gasteiger partial charge on any atom is 0.281 e. The van der Waals surface area contributed by atoms with Gasteiger partial charge in [-0.25, -0.2) is 0 Å². The molecule has 1 aromatic rings. The lowest BCUT2D eigenvalue weighted by molar-refractivity contribution is -0.224. The molecule has 18 heavy (non-hydrogen) atoms. The third-order valence-corrected chi connectivity index (χ3v) is 4.44. The normalized spacial score (nSPS) is 41.2. The Labute approximate surface area is 106 Å². The minimum atomic E-state index is -1.30. The quantitative estimate of drug-likeness (QED) is 0.810. The third-order valence-electron chi connectivity index (χ3n) is 4.44. The summed E-state index contributed by atoms with van der Waals surface area (Å²) in [6.07, 6.45) is 2.28. The Bertz CT molecular complexity index is 494. The van der Waals surface area contributed by atoms with Gasteiger partial charge in [0.2, 0.25) is 0 Å². The van der Waals surface area contributed by atoms with Crippen molar-refractivity contribution in [1.29, 1.82) is 0 Å². The molecule has 4 heteroatoms. The molecule has 2 atom stereocenters. The fourth-order valence-electron chi connectivity index (χ4n) is 3.50. The Hall–Kier alpha value is -1.39. The lowest BCUT2D eigenvalue weighted by Gasteiger charge is -2.46. The summed E-state index contributed by atoms with van der Waals surface area (Å²) >= 11 is 0. The second-order valence-corrected chi connectivity index (χ2v) is 5.38. The van der Waals surface area contributed by atoms with Crippen LogP contribution in [0.15, 0.2) is 35.5 Å². The van der Waals surface area contributed by atoms with Crippen LogP contribution in [0.25, 0.3) is 0 Å². The number of hydrogen-bond donors (Lipinski definition) is 1. The highest BCUT2D eigenvalue weighted by Crippen LogP contribution is 2.43. The lowest BCUT2D eigenvalue weighted by Crippen LogP contribution is -2.61. The molecular weight excluding hydrogens is 228 g/mol. The van der Waals surface area contributed by atoms with Crippen LogP contribution in [0, 0.1) is 5.92 Å². The summed E-state index contributed by atoms with van der Waals surface area (Å²) in [5.74, 6) is -0.798. The van der Waals surface area contributed by atoms with Gasteiger partial charge in [0, 0.05) is 11.5 Å². The van der Waals surface area contributed by atoms with Crippen LogP contribution in [0.5, 0.6) is 0 Å². The minimum absolute atomic E-state index is 0.0904. The smallest absolute Gasteiger partial charge is 0.281 e. The Morgan fingerprint density at radius 2 is 1.94 bits per heavy atom. The Balaban J connectivity index is 1.77. The number of aliphatic hydroxyl groups is 1. The van der Waals surface area contributed by atoms with E-state index in [9.17, 15) is 5.11 Å². The number of oxime groups is 1. The average molecular weight is 244 g/mol. The second-order valence-electron chi connectivity index (χ2n) is 5.38. The van der Waals surface area contributed by atoms with Crippen molar-refractivity contribution >= 4 is 5.71 Å².